The van der Waals surface area contributed by atoms with Gasteiger partial charge in [0.25, 0.3) is 11.8 Å². The van der Waals surface area contributed by atoms with Crippen LogP contribution in [0.1, 0.15) is 70.7 Å². The molecule has 2 aromatic heterocycles. The van der Waals surface area contributed by atoms with Gasteiger partial charge in [-0.15, -0.1) is 11.3 Å². The first-order valence-electron chi connectivity index (χ1n) is 9.05. The Morgan fingerprint density at radius 2 is 2.12 bits per heavy atom. The Labute approximate surface area is 158 Å². The largest absolute Gasteiger partial charge is 0.456 e. The number of rotatable bonds is 5. The third kappa shape index (κ3) is 3.43. The fourth-order valence-electron chi connectivity index (χ4n) is 3.61. The lowest BCUT2D eigenvalue weighted by Gasteiger charge is -2.36. The van der Waals surface area contributed by atoms with Gasteiger partial charge in [0.05, 0.1) is 5.56 Å². The molecular weight excluding hydrogens is 348 g/mol. The molecule has 6 heteroatoms. The van der Waals surface area contributed by atoms with E-state index in [-0.39, 0.29) is 17.1 Å². The van der Waals surface area contributed by atoms with E-state index in [1.165, 1.54) is 16.2 Å². The molecule has 0 fully saturated rings. The standard InChI is InChI=1S/C20H26N2O3S/c1-5-20(3,4)12-7-8-13-15(10-12)26-19(16(13)17(21)23)22-18(24)14-9-6-11(2)25-14/h6,9,12H,5,7-8,10H2,1-4H3,(H2,21,23)(H,22,24)/t12-/m0/s1. The molecule has 2 heterocycles. The number of aryl methyl sites for hydroxylation is 1. The van der Waals surface area contributed by atoms with Gasteiger partial charge in [-0.3, -0.25) is 9.59 Å². The van der Waals surface area contributed by atoms with Crippen molar-refractivity contribution in [2.24, 2.45) is 17.1 Å². The van der Waals surface area contributed by atoms with Gasteiger partial charge in [0.2, 0.25) is 0 Å². The van der Waals surface area contributed by atoms with E-state index in [2.05, 4.69) is 26.1 Å². The summed E-state index contributed by atoms with van der Waals surface area (Å²) in [5, 5.41) is 3.37. The van der Waals surface area contributed by atoms with Gasteiger partial charge in [-0.2, -0.15) is 0 Å². The number of nitrogens with one attached hydrogen (secondary N) is 1. The van der Waals surface area contributed by atoms with Crippen LogP contribution in [0.3, 0.4) is 0 Å². The summed E-state index contributed by atoms with van der Waals surface area (Å²) in [6.45, 7) is 8.60. The number of primary amides is 1. The van der Waals surface area contributed by atoms with Gasteiger partial charge in [-0.05, 0) is 55.2 Å². The van der Waals surface area contributed by atoms with Gasteiger partial charge in [-0.25, -0.2) is 0 Å². The van der Waals surface area contributed by atoms with Crippen LogP contribution in [-0.4, -0.2) is 11.8 Å². The van der Waals surface area contributed by atoms with Crippen molar-refractivity contribution in [2.45, 2.75) is 53.4 Å². The normalized spacial score (nSPS) is 17.0. The Bertz CT molecular complexity index is 847. The number of anilines is 1. The second-order valence-electron chi connectivity index (χ2n) is 7.72. The molecule has 0 saturated heterocycles. The molecule has 0 radical (unpaired) electrons. The molecule has 1 aliphatic carbocycles. The molecule has 26 heavy (non-hydrogen) atoms. The van der Waals surface area contributed by atoms with Crippen molar-refractivity contribution in [3.05, 3.63) is 39.7 Å². The topological polar surface area (TPSA) is 85.3 Å². The average Bonchev–Trinajstić information content (AvgIpc) is 3.17. The van der Waals surface area contributed by atoms with Crippen LogP contribution < -0.4 is 11.1 Å². The predicted molar refractivity (Wildman–Crippen MR) is 104 cm³/mol. The van der Waals surface area contributed by atoms with Gasteiger partial charge in [0, 0.05) is 4.88 Å². The van der Waals surface area contributed by atoms with Gasteiger partial charge in [-0.1, -0.05) is 27.2 Å². The maximum absolute atomic E-state index is 12.4. The Kier molecular flexibility index (Phi) is 4.97. The summed E-state index contributed by atoms with van der Waals surface area (Å²) in [5.74, 6) is 0.622. The quantitative estimate of drug-likeness (QED) is 0.805. The minimum absolute atomic E-state index is 0.231. The highest BCUT2D eigenvalue weighted by molar-refractivity contribution is 7.17. The first kappa shape index (κ1) is 18.7. The smallest absolute Gasteiger partial charge is 0.291 e. The van der Waals surface area contributed by atoms with Crippen LogP contribution in [0.5, 0.6) is 0 Å². The lowest BCUT2D eigenvalue weighted by atomic mass is 9.69. The number of amides is 2. The summed E-state index contributed by atoms with van der Waals surface area (Å²) >= 11 is 1.48. The summed E-state index contributed by atoms with van der Waals surface area (Å²) in [6.07, 6.45) is 3.91. The predicted octanol–water partition coefficient (Wildman–Crippen LogP) is 4.54. The monoisotopic (exact) mass is 374 g/mol. The average molecular weight is 375 g/mol. The van der Waals surface area contributed by atoms with Crippen LogP contribution in [0, 0.1) is 18.3 Å². The Morgan fingerprint density at radius 1 is 1.38 bits per heavy atom. The van der Waals surface area contributed by atoms with E-state index in [1.807, 2.05) is 0 Å². The first-order chi connectivity index (χ1) is 12.2. The van der Waals surface area contributed by atoms with Crippen LogP contribution in [0.25, 0.3) is 0 Å². The van der Waals surface area contributed by atoms with Crippen LogP contribution in [-0.2, 0) is 12.8 Å². The molecule has 1 aliphatic rings. The minimum atomic E-state index is -0.485. The summed E-state index contributed by atoms with van der Waals surface area (Å²) in [6, 6.07) is 3.36. The summed E-state index contributed by atoms with van der Waals surface area (Å²) in [7, 11) is 0. The molecule has 140 valence electrons. The maximum Gasteiger partial charge on any atom is 0.291 e. The molecule has 3 rings (SSSR count). The fraction of sp³-hybridized carbons (Fsp3) is 0.500. The molecule has 3 N–H and O–H groups in total. The summed E-state index contributed by atoms with van der Waals surface area (Å²) in [4.78, 5) is 25.7. The van der Waals surface area contributed by atoms with Crippen molar-refractivity contribution in [3.63, 3.8) is 0 Å². The Morgan fingerprint density at radius 3 is 2.69 bits per heavy atom. The molecule has 0 aliphatic heterocycles. The number of carbonyl (C=O) groups is 2. The number of carbonyl (C=O) groups excluding carboxylic acids is 2. The first-order valence-corrected chi connectivity index (χ1v) is 9.86. The van der Waals surface area contributed by atoms with Crippen LogP contribution in [0.4, 0.5) is 5.00 Å². The second kappa shape index (κ2) is 6.91. The van der Waals surface area contributed by atoms with Crippen molar-refractivity contribution in [1.82, 2.24) is 0 Å². The zero-order valence-electron chi connectivity index (χ0n) is 15.8. The Hall–Kier alpha value is -2.08. The van der Waals surface area contributed by atoms with E-state index >= 15 is 0 Å². The summed E-state index contributed by atoms with van der Waals surface area (Å²) < 4.78 is 5.37. The Balaban J connectivity index is 1.90. The van der Waals surface area contributed by atoms with Crippen molar-refractivity contribution in [1.29, 1.82) is 0 Å². The van der Waals surface area contributed by atoms with Crippen LogP contribution >= 0.6 is 11.3 Å². The number of hydrogen-bond donors (Lipinski definition) is 2. The third-order valence-corrected chi connectivity index (χ3v) is 6.89. The maximum atomic E-state index is 12.4. The molecule has 2 aromatic rings. The lowest BCUT2D eigenvalue weighted by Crippen LogP contribution is -2.29. The fourth-order valence-corrected chi connectivity index (χ4v) is 4.94. The van der Waals surface area contributed by atoms with E-state index in [0.717, 1.165) is 31.2 Å². The van der Waals surface area contributed by atoms with Crippen LogP contribution in [0.2, 0.25) is 0 Å². The number of fused-ring (bicyclic) bond motifs is 1. The minimum Gasteiger partial charge on any atom is -0.456 e. The SMILES string of the molecule is CCC(C)(C)[C@H]1CCc2c(sc(NC(=O)c3ccc(C)o3)c2C(N)=O)C1. The van der Waals surface area contributed by atoms with E-state index in [9.17, 15) is 9.59 Å². The van der Waals surface area contributed by atoms with Crippen molar-refractivity contribution >= 4 is 28.2 Å². The van der Waals surface area contributed by atoms with Crippen molar-refractivity contribution in [3.8, 4) is 0 Å². The van der Waals surface area contributed by atoms with Gasteiger partial charge in [0.1, 0.15) is 10.8 Å². The molecule has 5 nitrogen and oxygen atoms in total. The molecule has 0 unspecified atom stereocenters. The third-order valence-electron chi connectivity index (χ3n) is 5.72. The molecule has 0 spiro atoms. The van der Waals surface area contributed by atoms with Crippen molar-refractivity contribution < 1.29 is 14.0 Å². The van der Waals surface area contributed by atoms with Gasteiger partial charge in [0.15, 0.2) is 5.76 Å². The highest BCUT2D eigenvalue weighted by atomic mass is 32.1. The van der Waals surface area contributed by atoms with Gasteiger partial charge >= 0.3 is 0 Å². The number of thiophene rings is 1. The van der Waals surface area contributed by atoms with E-state index in [0.29, 0.717) is 22.2 Å². The molecule has 0 saturated carbocycles. The number of nitrogens with two attached hydrogens (primary N) is 1. The molecular formula is C20H26N2O3S. The van der Waals surface area contributed by atoms with E-state index in [4.69, 9.17) is 10.2 Å². The highest BCUT2D eigenvalue weighted by Crippen LogP contribution is 2.45. The van der Waals surface area contributed by atoms with Crippen molar-refractivity contribution in [2.75, 3.05) is 5.32 Å². The molecule has 2 amide bonds. The molecule has 0 bridgehead atoms. The van der Waals surface area contributed by atoms with E-state index < -0.39 is 5.91 Å². The summed E-state index contributed by atoms with van der Waals surface area (Å²) in [5.41, 5.74) is 7.37. The lowest BCUT2D eigenvalue weighted by molar-refractivity contribution is 0.0995. The number of furan rings is 1. The zero-order valence-corrected chi connectivity index (χ0v) is 16.6. The van der Waals surface area contributed by atoms with Gasteiger partial charge < -0.3 is 15.5 Å². The molecule has 1 atom stereocenters. The number of hydrogen-bond acceptors (Lipinski definition) is 4. The second-order valence-corrected chi connectivity index (χ2v) is 8.82. The molecule has 0 aromatic carbocycles. The zero-order chi connectivity index (χ0) is 19.1. The van der Waals surface area contributed by atoms with Crippen LogP contribution in [0.15, 0.2) is 16.5 Å². The van der Waals surface area contributed by atoms with E-state index in [1.54, 1.807) is 19.1 Å². The highest BCUT2D eigenvalue weighted by Gasteiger charge is 2.35.